The molecule has 0 bridgehead atoms. The topological polar surface area (TPSA) is 21.8 Å². The summed E-state index contributed by atoms with van der Waals surface area (Å²) in [6.45, 7) is 2.62. The van der Waals surface area contributed by atoms with E-state index < -0.39 is 0 Å². The minimum Gasteiger partial charge on any atom is -0.375 e. The zero-order valence-electron chi connectivity index (χ0n) is 3.44. The number of hydrogen-bond acceptors (Lipinski definition) is 2. The van der Waals surface area contributed by atoms with Crippen LogP contribution in [0.4, 0.5) is 0 Å². The molecule has 2 heterocycles. The van der Waals surface area contributed by atoms with Gasteiger partial charge in [0.25, 0.3) is 0 Å². The number of epoxide rings is 1. The van der Waals surface area contributed by atoms with Gasteiger partial charge >= 0.3 is 0 Å². The quantitative estimate of drug-likeness (QED) is 0.380. The van der Waals surface area contributed by atoms with Crippen molar-refractivity contribution in [2.24, 2.45) is 0 Å². The van der Waals surface area contributed by atoms with E-state index in [4.69, 9.17) is 9.47 Å². The molecule has 2 heteroatoms. The molecule has 1 spiro atoms. The van der Waals surface area contributed by atoms with Crippen LogP contribution in [-0.4, -0.2) is 25.4 Å². The minimum absolute atomic E-state index is 0.250. The molecule has 2 nitrogen and oxygen atoms in total. The maximum atomic E-state index is 5.01. The molecule has 2 fully saturated rings. The van der Waals surface area contributed by atoms with Gasteiger partial charge in [-0.3, -0.25) is 0 Å². The van der Waals surface area contributed by atoms with E-state index in [-0.39, 0.29) is 5.60 Å². The summed E-state index contributed by atoms with van der Waals surface area (Å²) in [5.74, 6) is 0. The number of hydrogen-bond donors (Lipinski definition) is 0. The van der Waals surface area contributed by atoms with E-state index in [9.17, 15) is 0 Å². The summed E-state index contributed by atoms with van der Waals surface area (Å²) >= 11 is 0. The van der Waals surface area contributed by atoms with E-state index in [0.717, 1.165) is 19.8 Å². The van der Waals surface area contributed by atoms with Gasteiger partial charge in [-0.05, 0) is 0 Å². The number of rotatable bonds is 0. The van der Waals surface area contributed by atoms with Gasteiger partial charge in [-0.25, -0.2) is 0 Å². The summed E-state index contributed by atoms with van der Waals surface area (Å²) in [6.07, 6.45) is 0. The Balaban J connectivity index is 2.09. The molecule has 0 N–H and O–H groups in total. The summed E-state index contributed by atoms with van der Waals surface area (Å²) in [5, 5.41) is 0. The van der Waals surface area contributed by atoms with Gasteiger partial charge in [0.1, 0.15) is 5.60 Å². The highest BCUT2D eigenvalue weighted by atomic mass is 16.7. The van der Waals surface area contributed by atoms with E-state index in [2.05, 4.69) is 0 Å². The molecule has 0 aromatic heterocycles. The van der Waals surface area contributed by atoms with Crippen LogP contribution in [0.5, 0.6) is 0 Å². The summed E-state index contributed by atoms with van der Waals surface area (Å²) < 4.78 is 9.88. The second-order valence-electron chi connectivity index (χ2n) is 1.96. The lowest BCUT2D eigenvalue weighted by Crippen LogP contribution is -2.37. The monoisotopic (exact) mass is 86.0 g/mol. The fraction of sp³-hybridized carbons (Fsp3) is 1.00. The molecule has 0 aromatic carbocycles. The first-order valence-electron chi connectivity index (χ1n) is 2.13. The van der Waals surface area contributed by atoms with Crippen LogP contribution in [0.2, 0.25) is 0 Å². The molecule has 2 aliphatic rings. The van der Waals surface area contributed by atoms with E-state index in [0.29, 0.717) is 0 Å². The molecule has 2 aliphatic heterocycles. The molecule has 34 valence electrons. The fourth-order valence-corrected chi connectivity index (χ4v) is 0.598. The molecule has 0 saturated carbocycles. The molecule has 2 saturated heterocycles. The Morgan fingerprint density at radius 2 is 1.83 bits per heavy atom. The Bertz CT molecular complexity index is 69.6. The Hall–Kier alpha value is -0.0800. The highest BCUT2D eigenvalue weighted by molar-refractivity contribution is 4.97. The summed E-state index contributed by atoms with van der Waals surface area (Å²) in [4.78, 5) is 0. The average Bonchev–Trinajstić information content (AvgIpc) is 2.02. The zero-order chi connectivity index (χ0) is 4.04. The van der Waals surface area contributed by atoms with Crippen molar-refractivity contribution in [2.45, 2.75) is 5.60 Å². The van der Waals surface area contributed by atoms with Crippen LogP contribution >= 0.6 is 0 Å². The van der Waals surface area contributed by atoms with Gasteiger partial charge in [0.05, 0.1) is 19.8 Å². The smallest absolute Gasteiger partial charge is 0.138 e. The van der Waals surface area contributed by atoms with Crippen molar-refractivity contribution in [3.63, 3.8) is 0 Å². The van der Waals surface area contributed by atoms with Crippen LogP contribution in [0.15, 0.2) is 0 Å². The first-order valence-corrected chi connectivity index (χ1v) is 2.13. The second kappa shape index (κ2) is 0.634. The van der Waals surface area contributed by atoms with Crippen molar-refractivity contribution in [1.82, 2.24) is 0 Å². The van der Waals surface area contributed by atoms with Gasteiger partial charge in [-0.2, -0.15) is 0 Å². The van der Waals surface area contributed by atoms with Crippen molar-refractivity contribution in [1.29, 1.82) is 0 Å². The fourth-order valence-electron chi connectivity index (χ4n) is 0.598. The summed E-state index contributed by atoms with van der Waals surface area (Å²) in [6, 6.07) is 0. The Labute approximate surface area is 36.0 Å². The molecule has 0 radical (unpaired) electrons. The van der Waals surface area contributed by atoms with Gasteiger partial charge in [-0.15, -0.1) is 0 Å². The molecular formula is C4H6O2. The lowest BCUT2D eigenvalue weighted by molar-refractivity contribution is -0.0537. The molecule has 0 aliphatic carbocycles. The molecule has 0 atom stereocenters. The van der Waals surface area contributed by atoms with Crippen molar-refractivity contribution >= 4 is 0 Å². The molecule has 0 aromatic rings. The van der Waals surface area contributed by atoms with E-state index >= 15 is 0 Å². The molecular weight excluding hydrogens is 80.0 g/mol. The van der Waals surface area contributed by atoms with E-state index in [1.807, 2.05) is 0 Å². The largest absolute Gasteiger partial charge is 0.375 e. The van der Waals surface area contributed by atoms with E-state index in [1.165, 1.54) is 0 Å². The molecule has 0 unspecified atom stereocenters. The summed E-state index contributed by atoms with van der Waals surface area (Å²) in [7, 11) is 0. The Morgan fingerprint density at radius 1 is 1.17 bits per heavy atom. The van der Waals surface area contributed by atoms with Gasteiger partial charge in [0.2, 0.25) is 0 Å². The van der Waals surface area contributed by atoms with Crippen LogP contribution in [0.25, 0.3) is 0 Å². The van der Waals surface area contributed by atoms with Crippen LogP contribution in [0.1, 0.15) is 0 Å². The molecule has 6 heavy (non-hydrogen) atoms. The van der Waals surface area contributed by atoms with E-state index in [1.54, 1.807) is 0 Å². The van der Waals surface area contributed by atoms with Gasteiger partial charge in [0, 0.05) is 0 Å². The normalized spacial score (nSPS) is 36.0. The van der Waals surface area contributed by atoms with Crippen molar-refractivity contribution in [3.8, 4) is 0 Å². The minimum atomic E-state index is 0.250. The lowest BCUT2D eigenvalue weighted by Gasteiger charge is -2.20. The SMILES string of the molecule is C1OCC12CO2. The predicted octanol–water partition coefficient (Wildman–Crippen LogP) is -0.214. The van der Waals surface area contributed by atoms with Crippen LogP contribution < -0.4 is 0 Å². The maximum Gasteiger partial charge on any atom is 0.138 e. The number of ether oxygens (including phenoxy) is 2. The molecule has 2 rings (SSSR count). The Morgan fingerprint density at radius 3 is 1.83 bits per heavy atom. The van der Waals surface area contributed by atoms with Crippen molar-refractivity contribution < 1.29 is 9.47 Å². The van der Waals surface area contributed by atoms with Gasteiger partial charge in [0.15, 0.2) is 0 Å². The third-order valence-electron chi connectivity index (χ3n) is 1.28. The third-order valence-corrected chi connectivity index (χ3v) is 1.28. The zero-order valence-corrected chi connectivity index (χ0v) is 3.44. The van der Waals surface area contributed by atoms with Crippen LogP contribution in [0, 0.1) is 0 Å². The lowest BCUT2D eigenvalue weighted by atomic mass is 10.1. The predicted molar refractivity (Wildman–Crippen MR) is 19.5 cm³/mol. The van der Waals surface area contributed by atoms with Crippen LogP contribution in [0.3, 0.4) is 0 Å². The highest BCUT2D eigenvalue weighted by Gasteiger charge is 2.51. The highest BCUT2D eigenvalue weighted by Crippen LogP contribution is 2.33. The second-order valence-corrected chi connectivity index (χ2v) is 1.96. The first-order chi connectivity index (χ1) is 2.91. The average molecular weight is 86.1 g/mol. The Kier molecular flexibility index (Phi) is 0.316. The first kappa shape index (κ1) is 2.99. The summed E-state index contributed by atoms with van der Waals surface area (Å²) in [5.41, 5.74) is 0.250. The third kappa shape index (κ3) is 0.200. The van der Waals surface area contributed by atoms with Crippen molar-refractivity contribution in [3.05, 3.63) is 0 Å². The molecule has 0 amide bonds. The van der Waals surface area contributed by atoms with Gasteiger partial charge in [-0.1, -0.05) is 0 Å². The van der Waals surface area contributed by atoms with Gasteiger partial charge < -0.3 is 9.47 Å². The standard InChI is InChI=1S/C4H6O2/c1-4(2-5-1)3-6-4/h1-3H2. The van der Waals surface area contributed by atoms with Crippen molar-refractivity contribution in [2.75, 3.05) is 19.8 Å². The van der Waals surface area contributed by atoms with Crippen LogP contribution in [-0.2, 0) is 9.47 Å². The maximum absolute atomic E-state index is 5.01.